The number of rotatable bonds is 4. The number of likely N-dealkylation sites (tertiary alicyclic amines) is 1. The van der Waals surface area contributed by atoms with E-state index in [2.05, 4.69) is 24.5 Å². The number of nitriles is 1. The van der Waals surface area contributed by atoms with Crippen molar-refractivity contribution in [1.82, 2.24) is 4.90 Å². The average molecular weight is 224 g/mol. The first-order chi connectivity index (χ1) is 7.12. The molecule has 0 bridgehead atoms. The molecule has 0 spiro atoms. The highest BCUT2D eigenvalue weighted by atomic mass is 32.2. The Balaban J connectivity index is 2.36. The number of hydrogen-bond donors (Lipinski definition) is 0. The van der Waals surface area contributed by atoms with Crippen LogP contribution in [0.3, 0.4) is 0 Å². The summed E-state index contributed by atoms with van der Waals surface area (Å²) in [6, 6.07) is 2.47. The van der Waals surface area contributed by atoms with Crippen molar-refractivity contribution >= 4 is 11.8 Å². The molecule has 0 amide bonds. The highest BCUT2D eigenvalue weighted by Gasteiger charge is 2.33. The Morgan fingerprint density at radius 3 is 2.53 bits per heavy atom. The third-order valence-electron chi connectivity index (χ3n) is 3.11. The van der Waals surface area contributed by atoms with E-state index in [4.69, 9.17) is 5.26 Å². The van der Waals surface area contributed by atoms with Crippen LogP contribution in [-0.2, 0) is 0 Å². The Hall–Kier alpha value is -0.460. The maximum absolute atomic E-state index is 9.14. The van der Waals surface area contributed by atoms with Crippen LogP contribution in [0.4, 0.5) is 0 Å². The molecule has 0 unspecified atom stereocenters. The van der Waals surface area contributed by atoms with Gasteiger partial charge in [0.25, 0.3) is 0 Å². The number of piperidine rings is 1. The van der Waals surface area contributed by atoms with Crippen molar-refractivity contribution in [3.63, 3.8) is 0 Å². The Morgan fingerprint density at radius 2 is 2.13 bits per heavy atom. The molecule has 1 rings (SSSR count). The van der Waals surface area contributed by atoms with Crippen molar-refractivity contribution in [2.45, 2.75) is 30.9 Å². The summed E-state index contributed by atoms with van der Waals surface area (Å²) in [5.74, 6) is 0. The van der Waals surface area contributed by atoms with Crippen LogP contribution in [0.25, 0.3) is 0 Å². The summed E-state index contributed by atoms with van der Waals surface area (Å²) in [5, 5.41) is 9.14. The van der Waals surface area contributed by atoms with Crippen molar-refractivity contribution in [1.29, 1.82) is 5.26 Å². The quantitative estimate of drug-likeness (QED) is 0.687. The van der Waals surface area contributed by atoms with E-state index in [0.717, 1.165) is 38.9 Å². The SMILES string of the molecule is C=C(C)CCN1CCC(C#N)(SC)CC1. The predicted molar refractivity (Wildman–Crippen MR) is 67.0 cm³/mol. The molecule has 1 aliphatic heterocycles. The van der Waals surface area contributed by atoms with Gasteiger partial charge in [0.2, 0.25) is 0 Å². The maximum Gasteiger partial charge on any atom is 0.104 e. The second-order valence-corrected chi connectivity index (χ2v) is 5.55. The smallest absolute Gasteiger partial charge is 0.104 e. The second-order valence-electron chi connectivity index (χ2n) is 4.36. The van der Waals surface area contributed by atoms with Crippen LogP contribution in [-0.4, -0.2) is 35.5 Å². The molecule has 0 aromatic heterocycles. The van der Waals surface area contributed by atoms with Crippen molar-refractivity contribution < 1.29 is 0 Å². The molecular weight excluding hydrogens is 204 g/mol. The minimum Gasteiger partial charge on any atom is -0.303 e. The van der Waals surface area contributed by atoms with Gasteiger partial charge in [0.1, 0.15) is 4.75 Å². The molecular formula is C12H20N2S. The molecule has 1 saturated heterocycles. The van der Waals surface area contributed by atoms with Gasteiger partial charge in [-0.2, -0.15) is 5.26 Å². The van der Waals surface area contributed by atoms with E-state index in [1.165, 1.54) is 5.57 Å². The van der Waals surface area contributed by atoms with Gasteiger partial charge in [0.15, 0.2) is 0 Å². The zero-order chi connectivity index (χ0) is 11.3. The average Bonchev–Trinajstić information content (AvgIpc) is 2.27. The second kappa shape index (κ2) is 5.58. The van der Waals surface area contributed by atoms with Crippen molar-refractivity contribution in [3.8, 4) is 6.07 Å². The lowest BCUT2D eigenvalue weighted by Crippen LogP contribution is -2.41. The molecule has 2 nitrogen and oxygen atoms in total. The first kappa shape index (κ1) is 12.6. The lowest BCUT2D eigenvalue weighted by molar-refractivity contribution is 0.219. The third-order valence-corrected chi connectivity index (χ3v) is 4.39. The van der Waals surface area contributed by atoms with E-state index in [1.54, 1.807) is 11.8 Å². The summed E-state index contributed by atoms with van der Waals surface area (Å²) in [7, 11) is 0. The van der Waals surface area contributed by atoms with Gasteiger partial charge < -0.3 is 4.90 Å². The van der Waals surface area contributed by atoms with Gasteiger partial charge in [-0.15, -0.1) is 18.3 Å². The summed E-state index contributed by atoms with van der Waals surface area (Å²) in [6.45, 7) is 9.21. The molecule has 0 aromatic rings. The number of thioether (sulfide) groups is 1. The first-order valence-corrected chi connectivity index (χ1v) is 6.67. The maximum atomic E-state index is 9.14. The van der Waals surface area contributed by atoms with E-state index in [1.807, 2.05) is 6.26 Å². The van der Waals surface area contributed by atoms with Gasteiger partial charge in [-0.3, -0.25) is 0 Å². The van der Waals surface area contributed by atoms with Gasteiger partial charge in [-0.05, 0) is 32.4 Å². The summed E-state index contributed by atoms with van der Waals surface area (Å²) in [5.41, 5.74) is 1.25. The lowest BCUT2D eigenvalue weighted by Gasteiger charge is -2.36. The van der Waals surface area contributed by atoms with Gasteiger partial charge in [0.05, 0.1) is 6.07 Å². The fraction of sp³-hybridized carbons (Fsp3) is 0.750. The van der Waals surface area contributed by atoms with E-state index in [0.29, 0.717) is 0 Å². The van der Waals surface area contributed by atoms with Crippen LogP contribution in [0.15, 0.2) is 12.2 Å². The molecule has 0 saturated carbocycles. The number of hydrogen-bond acceptors (Lipinski definition) is 3. The Kier molecular flexibility index (Phi) is 4.69. The summed E-state index contributed by atoms with van der Waals surface area (Å²) < 4.78 is -0.111. The Morgan fingerprint density at radius 1 is 1.53 bits per heavy atom. The largest absolute Gasteiger partial charge is 0.303 e. The van der Waals surface area contributed by atoms with Crippen LogP contribution >= 0.6 is 11.8 Å². The fourth-order valence-corrected chi connectivity index (χ4v) is 2.53. The molecule has 0 aromatic carbocycles. The normalized spacial score (nSPS) is 20.9. The van der Waals surface area contributed by atoms with Crippen LogP contribution in [0.2, 0.25) is 0 Å². The minimum absolute atomic E-state index is 0.111. The van der Waals surface area contributed by atoms with Gasteiger partial charge in [0, 0.05) is 19.6 Å². The van der Waals surface area contributed by atoms with E-state index in [-0.39, 0.29) is 4.75 Å². The highest BCUT2D eigenvalue weighted by Crippen LogP contribution is 2.33. The summed E-state index contributed by atoms with van der Waals surface area (Å²) >= 11 is 1.71. The van der Waals surface area contributed by atoms with Crippen LogP contribution < -0.4 is 0 Å². The Bertz CT molecular complexity index is 259. The van der Waals surface area contributed by atoms with Crippen LogP contribution in [0.5, 0.6) is 0 Å². The molecule has 3 heteroatoms. The summed E-state index contributed by atoms with van der Waals surface area (Å²) in [6.07, 6.45) is 5.13. The molecule has 1 fully saturated rings. The summed E-state index contributed by atoms with van der Waals surface area (Å²) in [4.78, 5) is 2.44. The number of nitrogens with zero attached hydrogens (tertiary/aromatic N) is 2. The fourth-order valence-electron chi connectivity index (χ4n) is 1.85. The highest BCUT2D eigenvalue weighted by molar-refractivity contribution is 8.00. The van der Waals surface area contributed by atoms with Crippen molar-refractivity contribution in [2.24, 2.45) is 0 Å². The molecule has 15 heavy (non-hydrogen) atoms. The van der Waals surface area contributed by atoms with E-state index < -0.39 is 0 Å². The topological polar surface area (TPSA) is 27.0 Å². The van der Waals surface area contributed by atoms with Crippen LogP contribution in [0.1, 0.15) is 26.2 Å². The van der Waals surface area contributed by atoms with E-state index in [9.17, 15) is 0 Å². The predicted octanol–water partition coefficient (Wildman–Crippen LogP) is 2.67. The van der Waals surface area contributed by atoms with Crippen molar-refractivity contribution in [3.05, 3.63) is 12.2 Å². The third kappa shape index (κ3) is 3.55. The van der Waals surface area contributed by atoms with Gasteiger partial charge in [-0.25, -0.2) is 0 Å². The van der Waals surface area contributed by atoms with Gasteiger partial charge >= 0.3 is 0 Å². The zero-order valence-electron chi connectivity index (χ0n) is 9.75. The first-order valence-electron chi connectivity index (χ1n) is 5.45. The standard InChI is InChI=1S/C12H20N2S/c1-11(2)4-7-14-8-5-12(10-13,15-3)6-9-14/h1,4-9H2,2-3H3. The molecule has 84 valence electrons. The molecule has 0 atom stereocenters. The molecule has 0 radical (unpaired) electrons. The Labute approximate surface area is 97.3 Å². The van der Waals surface area contributed by atoms with Crippen LogP contribution in [0, 0.1) is 11.3 Å². The zero-order valence-corrected chi connectivity index (χ0v) is 10.6. The molecule has 1 aliphatic rings. The monoisotopic (exact) mass is 224 g/mol. The van der Waals surface area contributed by atoms with Crippen molar-refractivity contribution in [2.75, 3.05) is 25.9 Å². The van der Waals surface area contributed by atoms with Gasteiger partial charge in [-0.1, -0.05) is 5.57 Å². The minimum atomic E-state index is -0.111. The molecule has 1 heterocycles. The molecule has 0 aliphatic carbocycles. The lowest BCUT2D eigenvalue weighted by atomic mass is 9.97. The molecule has 0 N–H and O–H groups in total. The van der Waals surface area contributed by atoms with E-state index >= 15 is 0 Å².